The molecule has 4 heteroatoms. The molecule has 4 nitrogen and oxygen atoms in total. The van der Waals surface area contributed by atoms with Crippen LogP contribution in [0.2, 0.25) is 0 Å². The van der Waals surface area contributed by atoms with Crippen LogP contribution in [0.5, 0.6) is 0 Å². The summed E-state index contributed by atoms with van der Waals surface area (Å²) < 4.78 is 11.2. The number of morpholine rings is 1. The molecule has 0 amide bonds. The van der Waals surface area contributed by atoms with Crippen molar-refractivity contribution in [3.8, 4) is 0 Å². The molecule has 2 heterocycles. The van der Waals surface area contributed by atoms with Crippen LogP contribution >= 0.6 is 0 Å². The average molecular weight is 224 g/mol. The summed E-state index contributed by atoms with van der Waals surface area (Å²) in [5, 5.41) is 0. The Hall–Kier alpha value is -0.840. The Kier molecular flexibility index (Phi) is 3.63. The van der Waals surface area contributed by atoms with Gasteiger partial charge >= 0.3 is 0 Å². The monoisotopic (exact) mass is 224 g/mol. The van der Waals surface area contributed by atoms with Gasteiger partial charge in [0.25, 0.3) is 0 Å². The van der Waals surface area contributed by atoms with E-state index < -0.39 is 0 Å². The van der Waals surface area contributed by atoms with Crippen molar-refractivity contribution >= 4 is 0 Å². The highest BCUT2D eigenvalue weighted by molar-refractivity contribution is 5.07. The average Bonchev–Trinajstić information content (AvgIpc) is 2.71. The van der Waals surface area contributed by atoms with Crippen molar-refractivity contribution in [1.82, 2.24) is 4.90 Å². The van der Waals surface area contributed by atoms with Gasteiger partial charge in [-0.1, -0.05) is 0 Å². The molecule has 16 heavy (non-hydrogen) atoms. The molecule has 0 saturated carbocycles. The number of ether oxygens (including phenoxy) is 1. The van der Waals surface area contributed by atoms with Gasteiger partial charge in [-0.05, 0) is 26.0 Å². The lowest BCUT2D eigenvalue weighted by atomic mass is 10.2. The molecule has 1 aliphatic rings. The van der Waals surface area contributed by atoms with E-state index in [1.807, 2.05) is 12.1 Å². The van der Waals surface area contributed by atoms with Gasteiger partial charge in [-0.15, -0.1) is 0 Å². The largest absolute Gasteiger partial charge is 0.463 e. The van der Waals surface area contributed by atoms with E-state index in [2.05, 4.69) is 18.7 Å². The minimum atomic E-state index is 0.306. The Bertz CT molecular complexity index is 338. The van der Waals surface area contributed by atoms with Crippen LogP contribution in [0.3, 0.4) is 0 Å². The normalized spacial score (nSPS) is 27.2. The Morgan fingerprint density at radius 1 is 1.38 bits per heavy atom. The van der Waals surface area contributed by atoms with Gasteiger partial charge in [-0.25, -0.2) is 0 Å². The quantitative estimate of drug-likeness (QED) is 0.842. The first-order valence-electron chi connectivity index (χ1n) is 5.82. The zero-order chi connectivity index (χ0) is 11.5. The topological polar surface area (TPSA) is 51.6 Å². The van der Waals surface area contributed by atoms with Crippen LogP contribution in [-0.2, 0) is 17.8 Å². The lowest BCUT2D eigenvalue weighted by molar-refractivity contribution is -0.0546. The maximum absolute atomic E-state index is 5.61. The van der Waals surface area contributed by atoms with E-state index in [-0.39, 0.29) is 0 Å². The summed E-state index contributed by atoms with van der Waals surface area (Å²) in [6.45, 7) is 7.35. The van der Waals surface area contributed by atoms with Gasteiger partial charge in [-0.2, -0.15) is 0 Å². The number of hydrogen-bond donors (Lipinski definition) is 1. The third-order valence-corrected chi connectivity index (χ3v) is 3.01. The van der Waals surface area contributed by atoms with Gasteiger partial charge in [0.2, 0.25) is 0 Å². The minimum absolute atomic E-state index is 0.306. The molecule has 2 unspecified atom stereocenters. The number of furan rings is 1. The lowest BCUT2D eigenvalue weighted by Gasteiger charge is -2.36. The molecule has 1 fully saturated rings. The molecule has 1 aliphatic heterocycles. The number of nitrogens with zero attached hydrogens (tertiary/aromatic N) is 1. The van der Waals surface area contributed by atoms with Crippen molar-refractivity contribution in [1.29, 1.82) is 0 Å². The lowest BCUT2D eigenvalue weighted by Crippen LogP contribution is -2.46. The fraction of sp³-hybridized carbons (Fsp3) is 0.667. The minimum Gasteiger partial charge on any atom is -0.463 e. The van der Waals surface area contributed by atoms with Crippen LogP contribution < -0.4 is 5.73 Å². The van der Waals surface area contributed by atoms with Gasteiger partial charge in [0.1, 0.15) is 11.5 Å². The van der Waals surface area contributed by atoms with E-state index in [0.29, 0.717) is 18.7 Å². The van der Waals surface area contributed by atoms with Gasteiger partial charge < -0.3 is 14.9 Å². The van der Waals surface area contributed by atoms with Gasteiger partial charge in [0.05, 0.1) is 25.8 Å². The van der Waals surface area contributed by atoms with Crippen LogP contribution in [0.25, 0.3) is 0 Å². The summed E-state index contributed by atoms with van der Waals surface area (Å²) in [5.41, 5.74) is 5.52. The van der Waals surface area contributed by atoms with Crippen LogP contribution in [-0.4, -0.2) is 30.2 Å². The SMILES string of the molecule is CC1CN(Cc2ccc(CN)o2)C(C)CO1. The first-order valence-corrected chi connectivity index (χ1v) is 5.82. The third-order valence-electron chi connectivity index (χ3n) is 3.01. The Morgan fingerprint density at radius 3 is 2.81 bits per heavy atom. The predicted octanol–water partition coefficient (Wildman–Crippen LogP) is 1.35. The molecular weight excluding hydrogens is 204 g/mol. The molecule has 1 aromatic rings. The molecule has 2 N–H and O–H groups in total. The maximum Gasteiger partial charge on any atom is 0.118 e. The second-order valence-electron chi connectivity index (χ2n) is 4.49. The summed E-state index contributed by atoms with van der Waals surface area (Å²) in [5.74, 6) is 1.84. The summed E-state index contributed by atoms with van der Waals surface area (Å²) in [6.07, 6.45) is 0.306. The van der Waals surface area contributed by atoms with Gasteiger partial charge in [-0.3, -0.25) is 4.90 Å². The fourth-order valence-electron chi connectivity index (χ4n) is 2.01. The van der Waals surface area contributed by atoms with E-state index in [9.17, 15) is 0 Å². The van der Waals surface area contributed by atoms with Crippen molar-refractivity contribution in [3.05, 3.63) is 23.7 Å². The second kappa shape index (κ2) is 4.99. The van der Waals surface area contributed by atoms with Crippen LogP contribution in [0.1, 0.15) is 25.4 Å². The van der Waals surface area contributed by atoms with Crippen molar-refractivity contribution in [2.75, 3.05) is 13.2 Å². The smallest absolute Gasteiger partial charge is 0.118 e. The molecule has 1 aromatic heterocycles. The molecule has 0 radical (unpaired) electrons. The second-order valence-corrected chi connectivity index (χ2v) is 4.49. The van der Waals surface area contributed by atoms with E-state index in [4.69, 9.17) is 14.9 Å². The van der Waals surface area contributed by atoms with Crippen LogP contribution in [0, 0.1) is 0 Å². The molecule has 0 spiro atoms. The van der Waals surface area contributed by atoms with E-state index in [1.54, 1.807) is 0 Å². The summed E-state index contributed by atoms with van der Waals surface area (Å²) in [4.78, 5) is 2.38. The van der Waals surface area contributed by atoms with E-state index >= 15 is 0 Å². The van der Waals surface area contributed by atoms with Crippen molar-refractivity contribution < 1.29 is 9.15 Å². The molecule has 2 atom stereocenters. The molecule has 1 saturated heterocycles. The summed E-state index contributed by atoms with van der Waals surface area (Å²) in [6, 6.07) is 4.40. The van der Waals surface area contributed by atoms with E-state index in [0.717, 1.165) is 31.2 Å². The Labute approximate surface area is 96.4 Å². The van der Waals surface area contributed by atoms with Crippen LogP contribution in [0.15, 0.2) is 16.5 Å². The third kappa shape index (κ3) is 2.64. The molecule has 0 bridgehead atoms. The molecule has 0 aliphatic carbocycles. The first-order chi connectivity index (χ1) is 7.69. The Morgan fingerprint density at radius 2 is 2.12 bits per heavy atom. The summed E-state index contributed by atoms with van der Waals surface area (Å²) >= 11 is 0. The molecule has 0 aromatic carbocycles. The van der Waals surface area contributed by atoms with Crippen molar-refractivity contribution in [2.24, 2.45) is 5.73 Å². The first kappa shape index (κ1) is 11.6. The fourth-order valence-corrected chi connectivity index (χ4v) is 2.01. The zero-order valence-corrected chi connectivity index (χ0v) is 9.98. The Balaban J connectivity index is 1.97. The number of nitrogens with two attached hydrogens (primary N) is 1. The highest BCUT2D eigenvalue weighted by Crippen LogP contribution is 2.16. The zero-order valence-electron chi connectivity index (χ0n) is 9.98. The number of hydrogen-bond acceptors (Lipinski definition) is 4. The molecule has 90 valence electrons. The van der Waals surface area contributed by atoms with Crippen molar-refractivity contribution in [2.45, 2.75) is 39.1 Å². The predicted molar refractivity (Wildman–Crippen MR) is 61.9 cm³/mol. The molecular formula is C12H20N2O2. The van der Waals surface area contributed by atoms with Gasteiger partial charge in [0, 0.05) is 12.6 Å². The van der Waals surface area contributed by atoms with Crippen molar-refractivity contribution in [3.63, 3.8) is 0 Å². The molecule has 2 rings (SSSR count). The number of rotatable bonds is 3. The van der Waals surface area contributed by atoms with Gasteiger partial charge in [0.15, 0.2) is 0 Å². The van der Waals surface area contributed by atoms with E-state index in [1.165, 1.54) is 0 Å². The maximum atomic E-state index is 5.61. The highest BCUT2D eigenvalue weighted by Gasteiger charge is 2.24. The summed E-state index contributed by atoms with van der Waals surface area (Å²) in [7, 11) is 0. The standard InChI is InChI=1S/C12H20N2O2/c1-9-8-15-10(2)6-14(9)7-12-4-3-11(5-13)16-12/h3-4,9-10H,5-8,13H2,1-2H3. The highest BCUT2D eigenvalue weighted by atomic mass is 16.5. The van der Waals surface area contributed by atoms with Crippen LogP contribution in [0.4, 0.5) is 0 Å².